The van der Waals surface area contributed by atoms with Crippen LogP contribution in [0.2, 0.25) is 0 Å². The third-order valence-electron chi connectivity index (χ3n) is 3.93. The molecule has 8 heteroatoms. The molecule has 1 amide bonds. The molecule has 0 saturated carbocycles. The topological polar surface area (TPSA) is 65.4 Å². The molecule has 1 aromatic carbocycles. The van der Waals surface area contributed by atoms with Crippen molar-refractivity contribution in [2.75, 3.05) is 13.7 Å². The number of rotatable bonds is 4. The Labute approximate surface area is 137 Å². The number of benzene rings is 1. The van der Waals surface area contributed by atoms with Gasteiger partial charge >= 0.3 is 0 Å². The predicted octanol–water partition coefficient (Wildman–Crippen LogP) is 2.62. The lowest BCUT2D eigenvalue weighted by Crippen LogP contribution is -2.32. The minimum absolute atomic E-state index is 0.0382. The van der Waals surface area contributed by atoms with Gasteiger partial charge in [-0.05, 0) is 24.3 Å². The molecular formula is C16H17F2N3O3. The largest absolute Gasteiger partial charge is 0.497 e. The molecule has 0 radical (unpaired) electrons. The van der Waals surface area contributed by atoms with Crippen molar-refractivity contribution >= 4 is 5.91 Å². The van der Waals surface area contributed by atoms with Crippen LogP contribution in [0.1, 0.15) is 40.6 Å². The van der Waals surface area contributed by atoms with Crippen LogP contribution >= 0.6 is 0 Å². The summed E-state index contributed by atoms with van der Waals surface area (Å²) >= 11 is 0. The van der Waals surface area contributed by atoms with Crippen LogP contribution in [0.5, 0.6) is 11.5 Å². The van der Waals surface area contributed by atoms with E-state index in [1.165, 1.54) is 7.05 Å². The van der Waals surface area contributed by atoms with E-state index in [0.29, 0.717) is 24.5 Å². The molecule has 1 aromatic heterocycles. The fraction of sp³-hybridized carbons (Fsp3) is 0.375. The van der Waals surface area contributed by atoms with Crippen LogP contribution in [0.4, 0.5) is 8.78 Å². The van der Waals surface area contributed by atoms with Crippen molar-refractivity contribution in [2.24, 2.45) is 7.05 Å². The first-order valence-electron chi connectivity index (χ1n) is 7.43. The second-order valence-corrected chi connectivity index (χ2v) is 5.45. The number of nitrogens with zero attached hydrogens (tertiary/aromatic N) is 2. The van der Waals surface area contributed by atoms with Gasteiger partial charge in [0.05, 0.1) is 19.8 Å². The van der Waals surface area contributed by atoms with Gasteiger partial charge < -0.3 is 14.8 Å². The normalized spacial score (nSPS) is 16.5. The molecule has 1 aliphatic heterocycles. The Balaban J connectivity index is 1.82. The summed E-state index contributed by atoms with van der Waals surface area (Å²) in [6.45, 7) is 0.453. The highest BCUT2D eigenvalue weighted by atomic mass is 19.3. The summed E-state index contributed by atoms with van der Waals surface area (Å²) in [5.41, 5.74) is 0.455. The Kier molecular flexibility index (Phi) is 4.37. The number of carbonyl (C=O) groups is 1. The highest BCUT2D eigenvalue weighted by Crippen LogP contribution is 2.35. The minimum Gasteiger partial charge on any atom is -0.497 e. The molecule has 2 heterocycles. The van der Waals surface area contributed by atoms with Gasteiger partial charge in [-0.2, -0.15) is 5.10 Å². The summed E-state index contributed by atoms with van der Waals surface area (Å²) in [6.07, 6.45) is -2.11. The molecule has 0 bridgehead atoms. The average molecular weight is 337 g/mol. The maximum absolute atomic E-state index is 12.8. The van der Waals surface area contributed by atoms with E-state index >= 15 is 0 Å². The van der Waals surface area contributed by atoms with Gasteiger partial charge in [0.2, 0.25) is 0 Å². The maximum atomic E-state index is 12.8. The van der Waals surface area contributed by atoms with E-state index in [0.717, 1.165) is 16.3 Å². The minimum atomic E-state index is -2.68. The lowest BCUT2D eigenvalue weighted by atomic mass is 10.00. The highest BCUT2D eigenvalue weighted by molar-refractivity contribution is 5.92. The lowest BCUT2D eigenvalue weighted by Gasteiger charge is -2.26. The zero-order valence-corrected chi connectivity index (χ0v) is 13.3. The molecule has 0 fully saturated rings. The summed E-state index contributed by atoms with van der Waals surface area (Å²) in [4.78, 5) is 12.4. The maximum Gasteiger partial charge on any atom is 0.280 e. The van der Waals surface area contributed by atoms with Crippen molar-refractivity contribution in [3.63, 3.8) is 0 Å². The molecule has 0 spiro atoms. The molecule has 1 N–H and O–H groups in total. The molecule has 0 aliphatic carbocycles. The van der Waals surface area contributed by atoms with E-state index in [4.69, 9.17) is 9.47 Å². The van der Waals surface area contributed by atoms with Crippen LogP contribution in [0.15, 0.2) is 24.3 Å². The third kappa shape index (κ3) is 3.04. The van der Waals surface area contributed by atoms with Crippen LogP contribution in [0.3, 0.4) is 0 Å². The molecule has 2 aromatic rings. The number of amides is 1. The molecule has 1 atom stereocenters. The van der Waals surface area contributed by atoms with Crippen LogP contribution < -0.4 is 14.8 Å². The van der Waals surface area contributed by atoms with E-state index in [-0.39, 0.29) is 17.4 Å². The zero-order valence-electron chi connectivity index (χ0n) is 13.3. The van der Waals surface area contributed by atoms with Crippen molar-refractivity contribution in [2.45, 2.75) is 18.9 Å². The molecule has 0 saturated heterocycles. The third-order valence-corrected chi connectivity index (χ3v) is 3.93. The Hall–Kier alpha value is -2.64. The number of nitrogens with one attached hydrogen (secondary N) is 1. The van der Waals surface area contributed by atoms with E-state index in [1.54, 1.807) is 25.3 Å². The number of ether oxygens (including phenoxy) is 2. The average Bonchev–Trinajstić information content (AvgIpc) is 2.97. The summed E-state index contributed by atoms with van der Waals surface area (Å²) in [5, 5.41) is 6.68. The van der Waals surface area contributed by atoms with Crippen molar-refractivity contribution in [1.82, 2.24) is 15.1 Å². The molecule has 0 unspecified atom stereocenters. The number of aryl methyl sites for hydroxylation is 1. The van der Waals surface area contributed by atoms with E-state index in [1.807, 2.05) is 0 Å². The van der Waals surface area contributed by atoms with Gasteiger partial charge in [0, 0.05) is 19.0 Å². The number of hydrogen-bond acceptors (Lipinski definition) is 4. The van der Waals surface area contributed by atoms with E-state index in [9.17, 15) is 13.6 Å². The quantitative estimate of drug-likeness (QED) is 0.931. The first kappa shape index (κ1) is 16.2. The van der Waals surface area contributed by atoms with Crippen molar-refractivity contribution in [3.8, 4) is 11.5 Å². The standard InChI is InChI=1S/C16H17F2N3O3/c1-21-13(15(17)18)8-12(20-21)16(22)19-11-5-6-24-14-4-3-9(23-2)7-10(11)14/h3-4,7-8,11,15H,5-6H2,1-2H3,(H,19,22)/t11-/m0/s1. The summed E-state index contributed by atoms with van der Waals surface area (Å²) in [6, 6.07) is 6.15. The van der Waals surface area contributed by atoms with Gasteiger partial charge in [0.25, 0.3) is 12.3 Å². The molecular weight excluding hydrogens is 320 g/mol. The first-order chi connectivity index (χ1) is 11.5. The van der Waals surface area contributed by atoms with Crippen LogP contribution in [-0.4, -0.2) is 29.4 Å². The monoisotopic (exact) mass is 337 g/mol. The van der Waals surface area contributed by atoms with Gasteiger partial charge in [0.15, 0.2) is 5.69 Å². The lowest BCUT2D eigenvalue weighted by molar-refractivity contribution is 0.0919. The summed E-state index contributed by atoms with van der Waals surface area (Å²) < 4.78 is 37.4. The molecule has 1 aliphatic rings. The van der Waals surface area contributed by atoms with Crippen LogP contribution in [-0.2, 0) is 7.05 Å². The Morgan fingerprint density at radius 3 is 2.92 bits per heavy atom. The van der Waals surface area contributed by atoms with Gasteiger partial charge in [-0.1, -0.05) is 0 Å². The number of carbonyl (C=O) groups excluding carboxylic acids is 1. The first-order valence-corrected chi connectivity index (χ1v) is 7.43. The number of aromatic nitrogens is 2. The summed E-state index contributed by atoms with van der Waals surface area (Å²) in [5.74, 6) is 0.816. The number of halogens is 2. The number of fused-ring (bicyclic) bond motifs is 1. The fourth-order valence-corrected chi connectivity index (χ4v) is 2.68. The molecule has 24 heavy (non-hydrogen) atoms. The van der Waals surface area contributed by atoms with Gasteiger partial charge in [-0.3, -0.25) is 9.48 Å². The predicted molar refractivity (Wildman–Crippen MR) is 81.5 cm³/mol. The number of hydrogen-bond donors (Lipinski definition) is 1. The zero-order chi connectivity index (χ0) is 17.3. The van der Waals surface area contributed by atoms with Crippen LogP contribution in [0.25, 0.3) is 0 Å². The van der Waals surface area contributed by atoms with Crippen molar-refractivity contribution in [3.05, 3.63) is 41.2 Å². The SMILES string of the molecule is COc1ccc2c(c1)[C@@H](NC(=O)c1cc(C(F)F)n(C)n1)CCO2. The van der Waals surface area contributed by atoms with Gasteiger partial charge in [0.1, 0.15) is 17.2 Å². The Morgan fingerprint density at radius 2 is 2.25 bits per heavy atom. The van der Waals surface area contributed by atoms with Gasteiger partial charge in [-0.25, -0.2) is 8.78 Å². The van der Waals surface area contributed by atoms with Crippen molar-refractivity contribution < 1.29 is 23.0 Å². The van der Waals surface area contributed by atoms with Gasteiger partial charge in [-0.15, -0.1) is 0 Å². The second kappa shape index (κ2) is 6.46. The smallest absolute Gasteiger partial charge is 0.280 e. The number of methoxy groups -OCH3 is 1. The number of alkyl halides is 2. The Morgan fingerprint density at radius 1 is 1.46 bits per heavy atom. The molecule has 3 rings (SSSR count). The summed E-state index contributed by atoms with van der Waals surface area (Å²) in [7, 11) is 2.94. The second-order valence-electron chi connectivity index (χ2n) is 5.45. The molecule has 6 nitrogen and oxygen atoms in total. The van der Waals surface area contributed by atoms with E-state index in [2.05, 4.69) is 10.4 Å². The molecule has 128 valence electrons. The van der Waals surface area contributed by atoms with Crippen molar-refractivity contribution in [1.29, 1.82) is 0 Å². The fourth-order valence-electron chi connectivity index (χ4n) is 2.68. The van der Waals surface area contributed by atoms with Crippen LogP contribution in [0, 0.1) is 0 Å². The van der Waals surface area contributed by atoms with E-state index < -0.39 is 12.3 Å². The highest BCUT2D eigenvalue weighted by Gasteiger charge is 2.26. The Bertz CT molecular complexity index is 761.